The zero-order valence-corrected chi connectivity index (χ0v) is 17.2. The van der Waals surface area contributed by atoms with Crippen LogP contribution in [0.3, 0.4) is 0 Å². The Labute approximate surface area is 177 Å². The topological polar surface area (TPSA) is 59.4 Å². The van der Waals surface area contributed by atoms with E-state index in [1.807, 2.05) is 91.7 Å². The molecule has 30 heavy (non-hydrogen) atoms. The SMILES string of the molecule is Cc1ccc(N2C(=O)c3ccccc3N[C@H]2c2ccc(N(C)CCC#N)cc2)cc1. The minimum Gasteiger partial charge on any atom is -0.374 e. The van der Waals surface area contributed by atoms with Gasteiger partial charge in [-0.25, -0.2) is 0 Å². The molecule has 0 bridgehead atoms. The number of nitrogens with one attached hydrogen (secondary N) is 1. The maximum atomic E-state index is 13.4. The number of amides is 1. The number of carbonyl (C=O) groups excluding carboxylic acids is 1. The van der Waals surface area contributed by atoms with Crippen molar-refractivity contribution in [2.45, 2.75) is 19.5 Å². The summed E-state index contributed by atoms with van der Waals surface area (Å²) in [5.74, 6) is -0.0200. The van der Waals surface area contributed by atoms with Crippen LogP contribution in [-0.4, -0.2) is 19.5 Å². The van der Waals surface area contributed by atoms with Crippen molar-refractivity contribution in [3.8, 4) is 6.07 Å². The van der Waals surface area contributed by atoms with E-state index in [-0.39, 0.29) is 12.1 Å². The van der Waals surface area contributed by atoms with Crippen LogP contribution in [0.5, 0.6) is 0 Å². The Balaban J connectivity index is 1.71. The van der Waals surface area contributed by atoms with Crippen molar-refractivity contribution in [2.24, 2.45) is 0 Å². The third-order valence-corrected chi connectivity index (χ3v) is 5.45. The van der Waals surface area contributed by atoms with Crippen molar-refractivity contribution < 1.29 is 4.79 Å². The number of aryl methyl sites for hydroxylation is 1. The second-order valence-corrected chi connectivity index (χ2v) is 7.52. The van der Waals surface area contributed by atoms with Crippen molar-refractivity contribution in [3.05, 3.63) is 89.5 Å². The lowest BCUT2D eigenvalue weighted by atomic mass is 10.0. The van der Waals surface area contributed by atoms with Crippen LogP contribution in [0.2, 0.25) is 0 Å². The molecule has 1 heterocycles. The summed E-state index contributed by atoms with van der Waals surface area (Å²) in [4.78, 5) is 17.3. The molecule has 1 aliphatic rings. The molecule has 0 aliphatic carbocycles. The molecule has 4 rings (SSSR count). The van der Waals surface area contributed by atoms with E-state index in [2.05, 4.69) is 16.3 Å². The van der Waals surface area contributed by atoms with Crippen molar-refractivity contribution in [1.82, 2.24) is 0 Å². The Bertz CT molecular complexity index is 1080. The minimum atomic E-state index is -0.312. The summed E-state index contributed by atoms with van der Waals surface area (Å²) in [6.07, 6.45) is 0.170. The molecule has 0 fully saturated rings. The first kappa shape index (κ1) is 19.5. The first-order valence-corrected chi connectivity index (χ1v) is 10.0. The number of nitrogens with zero attached hydrogens (tertiary/aromatic N) is 3. The third-order valence-electron chi connectivity index (χ3n) is 5.45. The van der Waals surface area contributed by atoms with Crippen LogP contribution >= 0.6 is 0 Å². The van der Waals surface area contributed by atoms with Gasteiger partial charge in [-0.05, 0) is 48.9 Å². The van der Waals surface area contributed by atoms with E-state index in [1.165, 1.54) is 0 Å². The summed E-state index contributed by atoms with van der Waals surface area (Å²) in [7, 11) is 1.98. The van der Waals surface area contributed by atoms with Gasteiger partial charge in [-0.3, -0.25) is 9.69 Å². The summed E-state index contributed by atoms with van der Waals surface area (Å²) >= 11 is 0. The molecule has 5 nitrogen and oxygen atoms in total. The molecule has 150 valence electrons. The Morgan fingerprint density at radius 3 is 2.43 bits per heavy atom. The molecule has 0 unspecified atom stereocenters. The van der Waals surface area contributed by atoms with Gasteiger partial charge in [0.05, 0.1) is 18.1 Å². The van der Waals surface area contributed by atoms with Gasteiger partial charge in [-0.2, -0.15) is 5.26 Å². The average Bonchev–Trinajstić information content (AvgIpc) is 2.78. The highest BCUT2D eigenvalue weighted by atomic mass is 16.2. The number of para-hydroxylation sites is 1. The summed E-state index contributed by atoms with van der Waals surface area (Å²) in [5.41, 5.74) is 5.55. The monoisotopic (exact) mass is 396 g/mol. The maximum Gasteiger partial charge on any atom is 0.262 e. The number of carbonyl (C=O) groups is 1. The lowest BCUT2D eigenvalue weighted by Crippen LogP contribution is -2.43. The minimum absolute atomic E-state index is 0.0200. The van der Waals surface area contributed by atoms with Gasteiger partial charge in [0.1, 0.15) is 6.17 Å². The average molecular weight is 396 g/mol. The predicted octanol–water partition coefficient (Wildman–Crippen LogP) is 5.12. The number of nitriles is 1. The molecular weight excluding hydrogens is 372 g/mol. The number of rotatable bonds is 5. The van der Waals surface area contributed by atoms with Gasteiger partial charge >= 0.3 is 0 Å². The van der Waals surface area contributed by atoms with Crippen molar-refractivity contribution >= 4 is 23.0 Å². The highest BCUT2D eigenvalue weighted by molar-refractivity contribution is 6.12. The molecule has 1 N–H and O–H groups in total. The lowest BCUT2D eigenvalue weighted by Gasteiger charge is -2.38. The molecule has 0 aromatic heterocycles. The first-order valence-electron chi connectivity index (χ1n) is 10.0. The van der Waals surface area contributed by atoms with Gasteiger partial charge in [-0.15, -0.1) is 0 Å². The Hall–Kier alpha value is -3.78. The fourth-order valence-corrected chi connectivity index (χ4v) is 3.72. The fourth-order valence-electron chi connectivity index (χ4n) is 3.72. The Morgan fingerprint density at radius 1 is 1.03 bits per heavy atom. The van der Waals surface area contributed by atoms with E-state index in [0.717, 1.165) is 28.2 Å². The van der Waals surface area contributed by atoms with Gasteiger partial charge in [0.15, 0.2) is 0 Å². The third kappa shape index (κ3) is 3.72. The van der Waals surface area contributed by atoms with Crippen LogP contribution in [0.4, 0.5) is 17.1 Å². The normalized spacial score (nSPS) is 15.2. The maximum absolute atomic E-state index is 13.4. The molecule has 0 saturated heterocycles. The quantitative estimate of drug-likeness (QED) is 0.651. The van der Waals surface area contributed by atoms with E-state index >= 15 is 0 Å². The standard InChI is InChI=1S/C25H24N4O/c1-18-8-12-21(13-9-18)29-24(27-23-7-4-3-6-22(23)25(29)30)19-10-14-20(15-11-19)28(2)17-5-16-26/h3-4,6-15,24,27H,5,17H2,1-2H3/t24-/m1/s1. The van der Waals surface area contributed by atoms with Gasteiger partial charge in [0, 0.05) is 30.7 Å². The zero-order valence-electron chi connectivity index (χ0n) is 17.2. The van der Waals surface area contributed by atoms with Gasteiger partial charge in [0.25, 0.3) is 5.91 Å². The largest absolute Gasteiger partial charge is 0.374 e. The Kier molecular flexibility index (Phi) is 5.40. The Morgan fingerprint density at radius 2 is 1.73 bits per heavy atom. The van der Waals surface area contributed by atoms with Gasteiger partial charge in [-0.1, -0.05) is 42.0 Å². The molecule has 0 saturated carbocycles. The fraction of sp³-hybridized carbons (Fsp3) is 0.200. The number of hydrogen-bond donors (Lipinski definition) is 1. The van der Waals surface area contributed by atoms with E-state index in [0.29, 0.717) is 18.5 Å². The van der Waals surface area contributed by atoms with Crippen LogP contribution in [0.1, 0.15) is 34.1 Å². The summed E-state index contributed by atoms with van der Waals surface area (Å²) in [5, 5.41) is 12.4. The molecule has 3 aromatic carbocycles. The molecule has 0 spiro atoms. The molecule has 5 heteroatoms. The van der Waals surface area contributed by atoms with Crippen LogP contribution < -0.4 is 15.1 Å². The number of benzene rings is 3. The predicted molar refractivity (Wildman–Crippen MR) is 121 cm³/mol. The van der Waals surface area contributed by atoms with E-state index < -0.39 is 0 Å². The highest BCUT2D eigenvalue weighted by Crippen LogP contribution is 2.37. The van der Waals surface area contributed by atoms with Crippen LogP contribution in [0, 0.1) is 18.3 Å². The molecule has 1 amide bonds. The molecule has 1 atom stereocenters. The summed E-state index contributed by atoms with van der Waals surface area (Å²) < 4.78 is 0. The molecule has 0 radical (unpaired) electrons. The lowest BCUT2D eigenvalue weighted by molar-refractivity contribution is 0.0975. The van der Waals surface area contributed by atoms with E-state index in [1.54, 1.807) is 0 Å². The van der Waals surface area contributed by atoms with Gasteiger partial charge < -0.3 is 10.2 Å². The second kappa shape index (κ2) is 8.30. The van der Waals surface area contributed by atoms with Crippen molar-refractivity contribution in [3.63, 3.8) is 0 Å². The van der Waals surface area contributed by atoms with Crippen LogP contribution in [-0.2, 0) is 0 Å². The summed E-state index contributed by atoms with van der Waals surface area (Å²) in [6.45, 7) is 2.72. The van der Waals surface area contributed by atoms with Crippen LogP contribution in [0.15, 0.2) is 72.8 Å². The number of hydrogen-bond acceptors (Lipinski definition) is 4. The second-order valence-electron chi connectivity index (χ2n) is 7.52. The van der Waals surface area contributed by atoms with Crippen molar-refractivity contribution in [2.75, 3.05) is 28.7 Å². The highest BCUT2D eigenvalue weighted by Gasteiger charge is 2.33. The molecule has 1 aliphatic heterocycles. The first-order chi connectivity index (χ1) is 14.6. The van der Waals surface area contributed by atoms with Crippen molar-refractivity contribution in [1.29, 1.82) is 5.26 Å². The molecule has 3 aromatic rings. The number of anilines is 3. The summed E-state index contributed by atoms with van der Waals surface area (Å²) in [6, 6.07) is 26.0. The van der Waals surface area contributed by atoms with E-state index in [9.17, 15) is 4.79 Å². The smallest absolute Gasteiger partial charge is 0.262 e. The zero-order chi connectivity index (χ0) is 21.1. The molecular formula is C25H24N4O. The number of fused-ring (bicyclic) bond motifs is 1. The van der Waals surface area contributed by atoms with Crippen LogP contribution in [0.25, 0.3) is 0 Å². The van der Waals surface area contributed by atoms with Gasteiger partial charge in [0.2, 0.25) is 0 Å². The van der Waals surface area contributed by atoms with E-state index in [4.69, 9.17) is 5.26 Å².